The van der Waals surface area contributed by atoms with Crippen LogP contribution in [0.25, 0.3) is 11.3 Å². The predicted molar refractivity (Wildman–Crippen MR) is 115 cm³/mol. The molecule has 0 aliphatic heterocycles. The number of alkyl halides is 1. The highest BCUT2D eigenvalue weighted by atomic mass is 19.1. The Labute approximate surface area is 185 Å². The third kappa shape index (κ3) is 3.66. The van der Waals surface area contributed by atoms with Crippen molar-refractivity contribution >= 4 is 28.9 Å². The molecule has 5 rings (SSSR count). The average Bonchev–Trinajstić information content (AvgIpc) is 3.16. The van der Waals surface area contributed by atoms with Crippen LogP contribution in [0.15, 0.2) is 41.6 Å². The zero-order valence-corrected chi connectivity index (χ0v) is 17.6. The molecule has 0 spiro atoms. The van der Waals surface area contributed by atoms with Crippen LogP contribution in [0.5, 0.6) is 0 Å². The van der Waals surface area contributed by atoms with E-state index in [0.717, 1.165) is 4.57 Å². The molecule has 1 amide bonds. The van der Waals surface area contributed by atoms with Gasteiger partial charge >= 0.3 is 0 Å². The maximum atomic E-state index is 14.1. The van der Waals surface area contributed by atoms with Crippen molar-refractivity contribution in [2.24, 2.45) is 7.05 Å². The Morgan fingerprint density at radius 2 is 2.12 bits per heavy atom. The minimum absolute atomic E-state index is 0.00599. The summed E-state index contributed by atoms with van der Waals surface area (Å²) in [6.45, 7) is 0. The number of amides is 1. The molecule has 4 heterocycles. The highest BCUT2D eigenvalue weighted by molar-refractivity contribution is 6.00. The lowest BCUT2D eigenvalue weighted by molar-refractivity contribution is 0.0949. The fourth-order valence-corrected chi connectivity index (χ4v) is 3.45. The second-order valence-electron chi connectivity index (χ2n) is 7.60. The summed E-state index contributed by atoms with van der Waals surface area (Å²) < 4.78 is 31.1. The normalized spacial score (nSPS) is 17.2. The van der Waals surface area contributed by atoms with Gasteiger partial charge in [0, 0.05) is 32.8 Å². The third-order valence-corrected chi connectivity index (χ3v) is 5.24. The van der Waals surface area contributed by atoms with Crippen molar-refractivity contribution in [2.75, 3.05) is 17.7 Å². The van der Waals surface area contributed by atoms with Crippen molar-refractivity contribution in [3.63, 3.8) is 0 Å². The average molecular weight is 455 g/mol. The Morgan fingerprint density at radius 3 is 2.79 bits per heavy atom. The number of pyridine rings is 1. The molecule has 1 fully saturated rings. The topological polar surface area (TPSA) is 123 Å². The second kappa shape index (κ2) is 7.69. The number of halogens is 2. The molecule has 1 aliphatic rings. The van der Waals surface area contributed by atoms with Gasteiger partial charge in [0.2, 0.25) is 0 Å². The molecular weight excluding hydrogens is 436 g/mol. The van der Waals surface area contributed by atoms with Crippen molar-refractivity contribution in [2.45, 2.75) is 18.6 Å². The summed E-state index contributed by atoms with van der Waals surface area (Å²) in [5.41, 5.74) is -0.00853. The first-order valence-corrected chi connectivity index (χ1v) is 10.1. The van der Waals surface area contributed by atoms with Gasteiger partial charge in [-0.05, 0) is 12.1 Å². The predicted octanol–water partition coefficient (Wildman–Crippen LogP) is 1.38. The van der Waals surface area contributed by atoms with Gasteiger partial charge in [-0.2, -0.15) is 14.0 Å². The summed E-state index contributed by atoms with van der Waals surface area (Å²) in [5.74, 6) is -0.533. The summed E-state index contributed by atoms with van der Waals surface area (Å²) in [7, 11) is 3.22. The lowest BCUT2D eigenvalue weighted by atomic mass is 10.3. The second-order valence-corrected chi connectivity index (χ2v) is 7.60. The standard InChI is InChI=1S/C20H19F2N9O2/c1-23-16-7-15(27-18-10(8-24-31(16)18)19(32)26-13-6-11(13)21)25-12-4-3-5-30(20(12)33)14-9-29(2)28-17(14)22/h3-5,7-9,11,13,23H,6H2,1-2H3,(H,25,27)(H,26,32)/t11-,13+/m1/s1. The number of hydrogen-bond donors (Lipinski definition) is 3. The van der Waals surface area contributed by atoms with Crippen molar-refractivity contribution < 1.29 is 13.6 Å². The smallest absolute Gasteiger partial charge is 0.278 e. The van der Waals surface area contributed by atoms with Crippen molar-refractivity contribution in [1.29, 1.82) is 0 Å². The number of hydrogen-bond acceptors (Lipinski definition) is 7. The number of rotatable bonds is 6. The molecule has 11 nitrogen and oxygen atoms in total. The zero-order valence-electron chi connectivity index (χ0n) is 17.6. The molecule has 0 unspecified atom stereocenters. The lowest BCUT2D eigenvalue weighted by Crippen LogP contribution is -2.27. The van der Waals surface area contributed by atoms with Gasteiger partial charge in [-0.1, -0.05) is 0 Å². The van der Waals surface area contributed by atoms with Gasteiger partial charge < -0.3 is 16.0 Å². The van der Waals surface area contributed by atoms with Crippen LogP contribution in [0, 0.1) is 5.95 Å². The molecule has 4 aromatic rings. The number of nitrogens with one attached hydrogen (secondary N) is 3. The quantitative estimate of drug-likeness (QED) is 0.401. The number of nitrogens with zero attached hydrogens (tertiary/aromatic N) is 6. The Bertz CT molecular complexity index is 1440. The summed E-state index contributed by atoms with van der Waals surface area (Å²) in [6, 6.07) is 4.19. The number of aromatic nitrogens is 6. The molecule has 13 heteroatoms. The molecule has 170 valence electrons. The van der Waals surface area contributed by atoms with Gasteiger partial charge in [-0.3, -0.25) is 18.8 Å². The minimum Gasteiger partial charge on any atom is -0.373 e. The number of anilines is 3. The van der Waals surface area contributed by atoms with E-state index in [2.05, 4.69) is 31.1 Å². The first-order chi connectivity index (χ1) is 15.9. The van der Waals surface area contributed by atoms with Crippen molar-refractivity contribution in [3.05, 3.63) is 58.7 Å². The molecule has 0 aromatic carbocycles. The van der Waals surface area contributed by atoms with Gasteiger partial charge in [0.25, 0.3) is 17.4 Å². The van der Waals surface area contributed by atoms with E-state index >= 15 is 0 Å². The van der Waals surface area contributed by atoms with E-state index in [4.69, 9.17) is 0 Å². The van der Waals surface area contributed by atoms with Crippen LogP contribution in [0.3, 0.4) is 0 Å². The van der Waals surface area contributed by atoms with Crippen LogP contribution >= 0.6 is 0 Å². The number of carbonyl (C=O) groups excluding carboxylic acids is 1. The Morgan fingerprint density at radius 1 is 1.33 bits per heavy atom. The summed E-state index contributed by atoms with van der Waals surface area (Å²) in [4.78, 5) is 30.0. The molecule has 1 saturated carbocycles. The monoisotopic (exact) mass is 455 g/mol. The molecule has 3 N–H and O–H groups in total. The van der Waals surface area contributed by atoms with Crippen LogP contribution < -0.4 is 21.5 Å². The van der Waals surface area contributed by atoms with Gasteiger partial charge in [-0.25, -0.2) is 9.37 Å². The Kier molecular flexibility index (Phi) is 4.80. The summed E-state index contributed by atoms with van der Waals surface area (Å²) in [5, 5.41) is 16.3. The van der Waals surface area contributed by atoms with Gasteiger partial charge in [-0.15, -0.1) is 5.10 Å². The van der Waals surface area contributed by atoms with Crippen LogP contribution in [-0.4, -0.2) is 54.1 Å². The zero-order chi connectivity index (χ0) is 23.3. The first kappa shape index (κ1) is 20.6. The van der Waals surface area contributed by atoms with Gasteiger partial charge in [0.15, 0.2) is 5.65 Å². The SMILES string of the molecule is CNc1cc(Nc2cccn(-c3cn(C)nc3F)c2=O)nc2c(C(=O)N[C@H]3C[C@H]3F)cnn12. The van der Waals surface area contributed by atoms with E-state index in [0.29, 0.717) is 5.82 Å². The fraction of sp³-hybridized carbons (Fsp3) is 0.250. The van der Waals surface area contributed by atoms with E-state index in [9.17, 15) is 18.4 Å². The van der Waals surface area contributed by atoms with E-state index in [1.165, 1.54) is 33.9 Å². The molecule has 1 aliphatic carbocycles. The van der Waals surface area contributed by atoms with Crippen LogP contribution in [-0.2, 0) is 7.05 Å². The Balaban J connectivity index is 1.52. The first-order valence-electron chi connectivity index (χ1n) is 10.1. The highest BCUT2D eigenvalue weighted by Crippen LogP contribution is 2.26. The van der Waals surface area contributed by atoms with Crippen molar-refractivity contribution in [1.82, 2.24) is 34.3 Å². The maximum Gasteiger partial charge on any atom is 0.278 e. The number of fused-ring (bicyclic) bond motifs is 1. The number of aryl methyl sites for hydroxylation is 1. The van der Waals surface area contributed by atoms with E-state index in [-0.39, 0.29) is 34.8 Å². The molecule has 0 radical (unpaired) electrons. The molecule has 33 heavy (non-hydrogen) atoms. The van der Waals surface area contributed by atoms with Crippen LogP contribution in [0.2, 0.25) is 0 Å². The van der Waals surface area contributed by atoms with Crippen LogP contribution in [0.4, 0.5) is 26.1 Å². The van der Waals surface area contributed by atoms with Crippen molar-refractivity contribution in [3.8, 4) is 5.69 Å². The highest BCUT2D eigenvalue weighted by Gasteiger charge is 2.39. The molecule has 4 aromatic heterocycles. The summed E-state index contributed by atoms with van der Waals surface area (Å²) in [6.07, 6.45) is 3.41. The largest absolute Gasteiger partial charge is 0.373 e. The molecule has 0 bridgehead atoms. The fourth-order valence-electron chi connectivity index (χ4n) is 3.45. The maximum absolute atomic E-state index is 14.1. The van der Waals surface area contributed by atoms with Crippen LogP contribution in [0.1, 0.15) is 16.8 Å². The van der Waals surface area contributed by atoms with E-state index in [1.54, 1.807) is 26.2 Å². The van der Waals surface area contributed by atoms with E-state index in [1.807, 2.05) is 0 Å². The minimum atomic E-state index is -1.04. The molecule has 2 atom stereocenters. The molecule has 0 saturated heterocycles. The number of carbonyl (C=O) groups is 1. The Hall–Kier alpha value is -4.29. The van der Waals surface area contributed by atoms with Gasteiger partial charge in [0.05, 0.1) is 18.4 Å². The summed E-state index contributed by atoms with van der Waals surface area (Å²) >= 11 is 0. The molecular formula is C20H19F2N9O2. The van der Waals surface area contributed by atoms with Gasteiger partial charge in [0.1, 0.15) is 34.7 Å². The third-order valence-electron chi connectivity index (χ3n) is 5.24. The van der Waals surface area contributed by atoms with E-state index < -0.39 is 29.6 Å². The lowest BCUT2D eigenvalue weighted by Gasteiger charge is -2.11.